The highest BCUT2D eigenvalue weighted by Gasteiger charge is 2.06. The van der Waals surface area contributed by atoms with E-state index in [9.17, 15) is 4.79 Å². The lowest BCUT2D eigenvalue weighted by molar-refractivity contribution is 0.112. The van der Waals surface area contributed by atoms with Crippen molar-refractivity contribution < 1.29 is 9.53 Å². The normalized spacial score (nSPS) is 9.56. The van der Waals surface area contributed by atoms with Crippen molar-refractivity contribution >= 4 is 22.2 Å². The van der Waals surface area contributed by atoms with Crippen LogP contribution in [-0.4, -0.2) is 11.3 Å². The number of carbonyl (C=O) groups is 1. The largest absolute Gasteiger partial charge is 0.456 e. The summed E-state index contributed by atoms with van der Waals surface area (Å²) in [5.41, 5.74) is 0.827. The predicted octanol–water partition coefficient (Wildman–Crippen LogP) is 3.32. The third-order valence-corrected chi connectivity index (χ3v) is 2.95. The number of aldehydes is 1. The Morgan fingerprint density at radius 2 is 2.22 bits per heavy atom. The highest BCUT2D eigenvalue weighted by molar-refractivity contribution is 9.10. The molecule has 0 saturated carbocycles. The number of carbonyl (C=O) groups excluding carboxylic acids is 1. The fraction of sp³-hybridized carbons (Fsp3) is 0. The number of benzene rings is 1. The Hall–Kier alpha value is -2.19. The van der Waals surface area contributed by atoms with E-state index in [1.807, 2.05) is 6.07 Å². The molecule has 0 radical (unpaired) electrons. The molecular formula is C13H7BrN2O2. The summed E-state index contributed by atoms with van der Waals surface area (Å²) in [4.78, 5) is 14.6. The second kappa shape index (κ2) is 5.43. The van der Waals surface area contributed by atoms with Crippen LogP contribution >= 0.6 is 15.9 Å². The molecule has 0 atom stereocenters. The van der Waals surface area contributed by atoms with Crippen molar-refractivity contribution in [3.8, 4) is 17.6 Å². The van der Waals surface area contributed by atoms with Gasteiger partial charge in [-0.25, -0.2) is 0 Å². The molecule has 0 unspecified atom stereocenters. The number of nitrogens with zero attached hydrogens (tertiary/aromatic N) is 2. The molecule has 4 nitrogen and oxygen atoms in total. The molecule has 0 fully saturated rings. The predicted molar refractivity (Wildman–Crippen MR) is 68.6 cm³/mol. The smallest absolute Gasteiger partial charge is 0.151 e. The van der Waals surface area contributed by atoms with Crippen molar-refractivity contribution in [3.63, 3.8) is 0 Å². The van der Waals surface area contributed by atoms with Crippen LogP contribution in [0.15, 0.2) is 41.1 Å². The van der Waals surface area contributed by atoms with E-state index in [0.29, 0.717) is 27.1 Å². The minimum Gasteiger partial charge on any atom is -0.456 e. The van der Waals surface area contributed by atoms with Gasteiger partial charge in [-0.2, -0.15) is 5.26 Å². The molecular weight excluding hydrogens is 296 g/mol. The number of nitriles is 1. The molecule has 2 aromatic rings. The molecule has 0 aliphatic rings. The Kier molecular flexibility index (Phi) is 3.70. The average Bonchev–Trinajstić information content (AvgIpc) is 2.41. The van der Waals surface area contributed by atoms with Crippen molar-refractivity contribution in [3.05, 3.63) is 52.3 Å². The first-order chi connectivity index (χ1) is 8.74. The van der Waals surface area contributed by atoms with E-state index < -0.39 is 0 Å². The average molecular weight is 303 g/mol. The van der Waals surface area contributed by atoms with Crippen molar-refractivity contribution in [2.75, 3.05) is 0 Å². The van der Waals surface area contributed by atoms with E-state index in [1.165, 1.54) is 12.4 Å². The van der Waals surface area contributed by atoms with Crippen LogP contribution in [0.1, 0.15) is 15.9 Å². The third kappa shape index (κ3) is 2.55. The molecule has 5 heteroatoms. The van der Waals surface area contributed by atoms with Gasteiger partial charge in [-0.15, -0.1) is 0 Å². The molecule has 1 aromatic heterocycles. The lowest BCUT2D eigenvalue weighted by Gasteiger charge is -2.07. The standard InChI is InChI=1S/C13H7BrN2O2/c14-12-2-1-11(5-9(12)8-17)18-13-3-4-16-7-10(13)6-15/h1-5,7-8H. The second-order valence-corrected chi connectivity index (χ2v) is 4.24. The first-order valence-electron chi connectivity index (χ1n) is 5.01. The molecule has 18 heavy (non-hydrogen) atoms. The van der Waals surface area contributed by atoms with Gasteiger partial charge in [-0.1, -0.05) is 15.9 Å². The fourth-order valence-electron chi connectivity index (χ4n) is 1.36. The lowest BCUT2D eigenvalue weighted by Crippen LogP contribution is -1.91. The Morgan fingerprint density at radius 3 is 2.94 bits per heavy atom. The number of rotatable bonds is 3. The molecule has 88 valence electrons. The van der Waals surface area contributed by atoms with Gasteiger partial charge in [0.1, 0.15) is 23.1 Å². The molecule has 1 heterocycles. The molecule has 0 spiro atoms. The van der Waals surface area contributed by atoms with E-state index in [1.54, 1.807) is 24.3 Å². The summed E-state index contributed by atoms with van der Waals surface area (Å²) >= 11 is 3.26. The van der Waals surface area contributed by atoms with Crippen LogP contribution in [0, 0.1) is 11.3 Å². The van der Waals surface area contributed by atoms with Gasteiger partial charge in [0, 0.05) is 28.5 Å². The lowest BCUT2D eigenvalue weighted by atomic mass is 10.2. The number of hydrogen-bond donors (Lipinski definition) is 0. The van der Waals surface area contributed by atoms with Gasteiger partial charge in [0.25, 0.3) is 0 Å². The summed E-state index contributed by atoms with van der Waals surface area (Å²) in [6, 6.07) is 8.61. The number of aromatic nitrogens is 1. The van der Waals surface area contributed by atoms with Crippen LogP contribution in [0.4, 0.5) is 0 Å². The summed E-state index contributed by atoms with van der Waals surface area (Å²) in [5, 5.41) is 8.91. The van der Waals surface area contributed by atoms with Gasteiger partial charge < -0.3 is 4.74 Å². The molecule has 1 aromatic carbocycles. The van der Waals surface area contributed by atoms with Crippen LogP contribution in [0.5, 0.6) is 11.5 Å². The van der Waals surface area contributed by atoms with Crippen LogP contribution in [0.25, 0.3) is 0 Å². The summed E-state index contributed by atoms with van der Waals surface area (Å²) in [6.07, 6.45) is 3.69. The van der Waals surface area contributed by atoms with E-state index in [4.69, 9.17) is 10.00 Å². The second-order valence-electron chi connectivity index (χ2n) is 3.39. The van der Waals surface area contributed by atoms with E-state index in [0.717, 1.165) is 6.29 Å². The fourth-order valence-corrected chi connectivity index (χ4v) is 1.70. The van der Waals surface area contributed by atoms with E-state index >= 15 is 0 Å². The zero-order valence-electron chi connectivity index (χ0n) is 9.13. The van der Waals surface area contributed by atoms with E-state index in [-0.39, 0.29) is 0 Å². The van der Waals surface area contributed by atoms with Crippen LogP contribution in [-0.2, 0) is 0 Å². The quantitative estimate of drug-likeness (QED) is 0.816. The first-order valence-corrected chi connectivity index (χ1v) is 5.80. The van der Waals surface area contributed by atoms with Gasteiger partial charge in [-0.05, 0) is 18.2 Å². The minimum absolute atomic E-state index is 0.341. The third-order valence-electron chi connectivity index (χ3n) is 2.22. The van der Waals surface area contributed by atoms with Gasteiger partial charge in [0.2, 0.25) is 0 Å². The summed E-state index contributed by atoms with van der Waals surface area (Å²) in [5.74, 6) is 0.898. The van der Waals surface area contributed by atoms with Crippen LogP contribution in [0.2, 0.25) is 0 Å². The van der Waals surface area contributed by atoms with Crippen LogP contribution < -0.4 is 4.74 Å². The Bertz CT molecular complexity index is 635. The van der Waals surface area contributed by atoms with Crippen molar-refractivity contribution in [1.82, 2.24) is 4.98 Å². The minimum atomic E-state index is 0.341. The van der Waals surface area contributed by atoms with Gasteiger partial charge in [0.15, 0.2) is 6.29 Å². The van der Waals surface area contributed by atoms with Crippen molar-refractivity contribution in [2.45, 2.75) is 0 Å². The monoisotopic (exact) mass is 302 g/mol. The van der Waals surface area contributed by atoms with Crippen molar-refractivity contribution in [1.29, 1.82) is 5.26 Å². The Labute approximate surface area is 112 Å². The number of halogens is 1. The molecule has 2 rings (SSSR count). The zero-order chi connectivity index (χ0) is 13.0. The summed E-state index contributed by atoms with van der Waals surface area (Å²) in [7, 11) is 0. The zero-order valence-corrected chi connectivity index (χ0v) is 10.7. The number of hydrogen-bond acceptors (Lipinski definition) is 4. The van der Waals surface area contributed by atoms with Crippen molar-refractivity contribution in [2.24, 2.45) is 0 Å². The maximum Gasteiger partial charge on any atom is 0.151 e. The Morgan fingerprint density at radius 1 is 1.39 bits per heavy atom. The Balaban J connectivity index is 2.35. The molecule has 0 amide bonds. The molecule has 0 bridgehead atoms. The van der Waals surface area contributed by atoms with Gasteiger partial charge >= 0.3 is 0 Å². The maximum atomic E-state index is 10.8. The van der Waals surface area contributed by atoms with Crippen LogP contribution in [0.3, 0.4) is 0 Å². The van der Waals surface area contributed by atoms with E-state index in [2.05, 4.69) is 20.9 Å². The highest BCUT2D eigenvalue weighted by atomic mass is 79.9. The molecule has 0 aliphatic carbocycles. The summed E-state index contributed by atoms with van der Waals surface area (Å²) < 4.78 is 6.25. The molecule has 0 N–H and O–H groups in total. The topological polar surface area (TPSA) is 63.0 Å². The SMILES string of the molecule is N#Cc1cnccc1Oc1ccc(Br)c(C=O)c1. The summed E-state index contributed by atoms with van der Waals surface area (Å²) in [6.45, 7) is 0. The van der Waals surface area contributed by atoms with Gasteiger partial charge in [-0.3, -0.25) is 9.78 Å². The highest BCUT2D eigenvalue weighted by Crippen LogP contribution is 2.27. The van der Waals surface area contributed by atoms with Gasteiger partial charge in [0.05, 0.1) is 0 Å². The maximum absolute atomic E-state index is 10.8. The molecule has 0 aliphatic heterocycles. The molecule has 0 saturated heterocycles. The number of ether oxygens (including phenoxy) is 1. The first kappa shape index (κ1) is 12.3. The number of pyridine rings is 1.